The van der Waals surface area contributed by atoms with Gasteiger partial charge in [-0.15, -0.1) is 11.3 Å². The minimum absolute atomic E-state index is 0.250. The van der Waals surface area contributed by atoms with Gasteiger partial charge in [0.1, 0.15) is 5.69 Å². The number of rotatable bonds is 11. The highest BCUT2D eigenvalue weighted by atomic mass is 32.2. The van der Waals surface area contributed by atoms with Gasteiger partial charge in [0.05, 0.1) is 35.6 Å². The zero-order valence-electron chi connectivity index (χ0n) is 18.8. The van der Waals surface area contributed by atoms with E-state index in [4.69, 9.17) is 4.74 Å². The number of likely N-dealkylation sites (N-methyl/N-ethyl adjacent to an activating group) is 1. The van der Waals surface area contributed by atoms with Gasteiger partial charge in [0.15, 0.2) is 5.01 Å². The van der Waals surface area contributed by atoms with E-state index in [1.165, 1.54) is 24.2 Å². The molecule has 3 heterocycles. The van der Waals surface area contributed by atoms with Crippen molar-refractivity contribution in [2.45, 2.75) is 31.1 Å². The predicted molar refractivity (Wildman–Crippen MR) is 132 cm³/mol. The van der Waals surface area contributed by atoms with Gasteiger partial charge in [0.25, 0.3) is 5.91 Å². The lowest BCUT2D eigenvalue weighted by molar-refractivity contribution is 0.0928. The molecule has 11 heteroatoms. The topological polar surface area (TPSA) is 105 Å². The van der Waals surface area contributed by atoms with Crippen molar-refractivity contribution in [1.29, 1.82) is 0 Å². The average Bonchev–Trinajstić information content (AvgIpc) is 3.50. The summed E-state index contributed by atoms with van der Waals surface area (Å²) >= 11 is 3.01. The molecule has 0 unspecified atom stereocenters. The minimum atomic E-state index is -0.284. The second kappa shape index (κ2) is 10.9. The molecule has 0 radical (unpaired) electrons. The van der Waals surface area contributed by atoms with Crippen LogP contribution in [0.2, 0.25) is 0 Å². The molecule has 1 aliphatic rings. The lowest BCUT2D eigenvalue weighted by Crippen LogP contribution is -2.35. The van der Waals surface area contributed by atoms with Crippen molar-refractivity contribution in [2.75, 3.05) is 32.0 Å². The molecule has 9 nitrogen and oxygen atoms in total. The maximum absolute atomic E-state index is 13.0. The summed E-state index contributed by atoms with van der Waals surface area (Å²) in [5, 5.41) is 4.14. The summed E-state index contributed by atoms with van der Waals surface area (Å²) in [4.78, 5) is 33.2. The largest absolute Gasteiger partial charge is 0.477 e. The Hall–Kier alpha value is -2.76. The molecule has 1 aliphatic carbocycles. The summed E-state index contributed by atoms with van der Waals surface area (Å²) in [6.45, 7) is 3.00. The molecule has 1 atom stereocenters. The Labute approximate surface area is 201 Å². The van der Waals surface area contributed by atoms with Crippen LogP contribution in [0.4, 0.5) is 5.69 Å². The second-order valence-electron chi connectivity index (χ2n) is 7.88. The SMILES string of the molecule is CCOc1cncc(-c2cnc(C(=O)N[C@@H](CN(C)C)c3cc(NSC4CC4)ccn3)s2)n1. The maximum atomic E-state index is 13.0. The van der Waals surface area contributed by atoms with E-state index in [1.54, 1.807) is 36.7 Å². The van der Waals surface area contributed by atoms with E-state index < -0.39 is 0 Å². The molecule has 1 amide bonds. The third-order valence-electron chi connectivity index (χ3n) is 4.72. The predicted octanol–water partition coefficient (Wildman–Crippen LogP) is 3.65. The maximum Gasteiger partial charge on any atom is 0.280 e. The fourth-order valence-electron chi connectivity index (χ4n) is 3.02. The number of pyridine rings is 1. The van der Waals surface area contributed by atoms with Gasteiger partial charge in [-0.05, 0) is 57.9 Å². The molecule has 3 aromatic heterocycles. The van der Waals surface area contributed by atoms with Gasteiger partial charge in [-0.3, -0.25) is 14.8 Å². The van der Waals surface area contributed by atoms with E-state index in [0.29, 0.717) is 35.0 Å². The quantitative estimate of drug-likeness (QED) is 0.394. The van der Waals surface area contributed by atoms with Gasteiger partial charge < -0.3 is 19.7 Å². The number of hydrogen-bond acceptors (Lipinski definition) is 10. The number of carbonyl (C=O) groups excluding carboxylic acids is 1. The number of hydrogen-bond donors (Lipinski definition) is 2. The first-order chi connectivity index (χ1) is 16.0. The monoisotopic (exact) mass is 485 g/mol. The van der Waals surface area contributed by atoms with Gasteiger partial charge >= 0.3 is 0 Å². The molecule has 0 spiro atoms. The van der Waals surface area contributed by atoms with Crippen LogP contribution in [0.1, 0.15) is 41.3 Å². The van der Waals surface area contributed by atoms with Gasteiger partial charge in [-0.2, -0.15) is 0 Å². The first kappa shape index (κ1) is 23.4. The molecule has 0 bridgehead atoms. The molecule has 1 fully saturated rings. The number of amides is 1. The molecule has 4 rings (SSSR count). The number of anilines is 1. The molecule has 33 heavy (non-hydrogen) atoms. The summed E-state index contributed by atoms with van der Waals surface area (Å²) in [6.07, 6.45) is 9.11. The van der Waals surface area contributed by atoms with Crippen molar-refractivity contribution in [2.24, 2.45) is 0 Å². The van der Waals surface area contributed by atoms with Gasteiger partial charge in [0, 0.05) is 29.9 Å². The molecular formula is C22H27N7O2S2. The van der Waals surface area contributed by atoms with Crippen molar-refractivity contribution in [3.63, 3.8) is 0 Å². The number of carbonyl (C=O) groups is 1. The molecule has 0 saturated heterocycles. The van der Waals surface area contributed by atoms with E-state index in [-0.39, 0.29) is 11.9 Å². The van der Waals surface area contributed by atoms with Crippen molar-refractivity contribution >= 4 is 34.9 Å². The Morgan fingerprint density at radius 2 is 2.15 bits per heavy atom. The van der Waals surface area contributed by atoms with Crippen LogP contribution in [-0.2, 0) is 0 Å². The fourth-order valence-corrected chi connectivity index (χ4v) is 4.59. The highest BCUT2D eigenvalue weighted by molar-refractivity contribution is 8.01. The molecule has 0 aliphatic heterocycles. The van der Waals surface area contributed by atoms with Gasteiger partial charge in [-0.1, -0.05) is 0 Å². The van der Waals surface area contributed by atoms with Crippen LogP contribution in [0, 0.1) is 0 Å². The Kier molecular flexibility index (Phi) is 7.73. The summed E-state index contributed by atoms with van der Waals surface area (Å²) in [5.74, 6) is 0.194. The van der Waals surface area contributed by atoms with Crippen LogP contribution in [0.5, 0.6) is 5.88 Å². The summed E-state index contributed by atoms with van der Waals surface area (Å²) < 4.78 is 8.81. The second-order valence-corrected chi connectivity index (χ2v) is 10.0. The summed E-state index contributed by atoms with van der Waals surface area (Å²) in [6, 6.07) is 3.65. The highest BCUT2D eigenvalue weighted by Crippen LogP contribution is 2.34. The van der Waals surface area contributed by atoms with E-state index in [0.717, 1.165) is 16.3 Å². The lowest BCUT2D eigenvalue weighted by Gasteiger charge is -2.22. The standard InChI is InChI=1S/C22H27N7O2S2/c1-4-31-20-12-23-10-17(26-20)19-11-25-22(32-19)21(30)27-18(13-29(2)3)16-9-14(7-8-24-16)28-33-15-5-6-15/h7-12,15,18H,4-6,13H2,1-3H3,(H,24,28)(H,27,30)/t18-/m0/s1. The van der Waals surface area contributed by atoms with Crippen LogP contribution < -0.4 is 14.8 Å². The van der Waals surface area contributed by atoms with E-state index in [9.17, 15) is 4.79 Å². The smallest absolute Gasteiger partial charge is 0.280 e. The van der Waals surface area contributed by atoms with Crippen LogP contribution in [0.3, 0.4) is 0 Å². The molecule has 3 aromatic rings. The van der Waals surface area contributed by atoms with E-state index in [1.807, 2.05) is 38.1 Å². The van der Waals surface area contributed by atoms with Crippen LogP contribution in [0.25, 0.3) is 10.6 Å². The van der Waals surface area contributed by atoms with Gasteiger partial charge in [-0.25, -0.2) is 9.97 Å². The van der Waals surface area contributed by atoms with Crippen LogP contribution in [0.15, 0.2) is 36.9 Å². The fraction of sp³-hybridized carbons (Fsp3) is 0.409. The lowest BCUT2D eigenvalue weighted by atomic mass is 10.1. The Morgan fingerprint density at radius 1 is 1.30 bits per heavy atom. The normalized spacial score (nSPS) is 14.2. The molecular weight excluding hydrogens is 458 g/mol. The number of nitrogens with zero attached hydrogens (tertiary/aromatic N) is 5. The first-order valence-electron chi connectivity index (χ1n) is 10.8. The van der Waals surface area contributed by atoms with Crippen molar-refractivity contribution in [1.82, 2.24) is 30.2 Å². The zero-order chi connectivity index (χ0) is 23.2. The van der Waals surface area contributed by atoms with Gasteiger partial charge in [0.2, 0.25) is 5.88 Å². The third-order valence-corrected chi connectivity index (χ3v) is 6.89. The number of nitrogens with one attached hydrogen (secondary N) is 2. The number of ether oxygens (including phenoxy) is 1. The van der Waals surface area contributed by atoms with Crippen molar-refractivity contribution in [3.05, 3.63) is 47.6 Å². The van der Waals surface area contributed by atoms with Crippen molar-refractivity contribution < 1.29 is 9.53 Å². The molecule has 174 valence electrons. The van der Waals surface area contributed by atoms with E-state index >= 15 is 0 Å². The van der Waals surface area contributed by atoms with E-state index in [2.05, 4.69) is 30.0 Å². The minimum Gasteiger partial charge on any atom is -0.477 e. The van der Waals surface area contributed by atoms with Crippen LogP contribution in [-0.4, -0.2) is 63.2 Å². The van der Waals surface area contributed by atoms with Crippen molar-refractivity contribution in [3.8, 4) is 16.5 Å². The zero-order valence-corrected chi connectivity index (χ0v) is 20.4. The highest BCUT2D eigenvalue weighted by Gasteiger charge is 2.23. The Morgan fingerprint density at radius 3 is 2.91 bits per heavy atom. The molecule has 1 saturated carbocycles. The number of thiazole rings is 1. The number of aromatic nitrogens is 4. The average molecular weight is 486 g/mol. The molecule has 0 aromatic carbocycles. The summed E-state index contributed by atoms with van der Waals surface area (Å²) in [5.41, 5.74) is 2.40. The Bertz CT molecular complexity index is 1090. The van der Waals surface area contributed by atoms with Crippen LogP contribution >= 0.6 is 23.3 Å². The Balaban J connectivity index is 1.47. The summed E-state index contributed by atoms with van der Waals surface area (Å²) in [7, 11) is 3.94. The third kappa shape index (κ3) is 6.62. The molecule has 2 N–H and O–H groups in total. The first-order valence-corrected chi connectivity index (χ1v) is 12.5.